The molecule has 1 aliphatic heterocycles. The first-order valence-corrected chi connectivity index (χ1v) is 5.92. The maximum absolute atomic E-state index is 11.1. The molecule has 0 amide bonds. The van der Waals surface area contributed by atoms with Gasteiger partial charge in [0.15, 0.2) is 0 Å². The van der Waals surface area contributed by atoms with Crippen molar-refractivity contribution < 1.29 is 9.20 Å². The van der Waals surface area contributed by atoms with E-state index in [1.165, 1.54) is 0 Å². The summed E-state index contributed by atoms with van der Waals surface area (Å²) in [6, 6.07) is 0. The van der Waals surface area contributed by atoms with Crippen molar-refractivity contribution in [2.75, 3.05) is 0 Å². The molecule has 1 aliphatic carbocycles. The zero-order valence-electron chi connectivity index (χ0n) is 6.17. The summed E-state index contributed by atoms with van der Waals surface area (Å²) in [5.74, 6) is 0. The van der Waals surface area contributed by atoms with Crippen LogP contribution in [0.2, 0.25) is 12.1 Å². The highest BCUT2D eigenvalue weighted by Crippen LogP contribution is 2.42. The molecule has 3 atom stereocenters. The standard InChI is InChI=1S/C7H12O2Si/c1-10(8)5-2-3-6-7(4-5)9-6/h5-7H,2-4H2,1H3. The lowest BCUT2D eigenvalue weighted by Gasteiger charge is -2.13. The van der Waals surface area contributed by atoms with Crippen LogP contribution in [0.15, 0.2) is 0 Å². The molecule has 0 aromatic carbocycles. The van der Waals surface area contributed by atoms with Gasteiger partial charge in [0, 0.05) is 5.54 Å². The fraction of sp³-hybridized carbons (Fsp3) is 1.00. The van der Waals surface area contributed by atoms with E-state index >= 15 is 0 Å². The Bertz CT molecular complexity index is 169. The highest BCUT2D eigenvalue weighted by molar-refractivity contribution is 6.43. The normalized spacial score (nSPS) is 44.3. The largest absolute Gasteiger partial charge is 0.388 e. The number of hydrogen-bond donors (Lipinski definition) is 0. The molecule has 0 aromatic rings. The minimum Gasteiger partial charge on any atom is -0.388 e. The van der Waals surface area contributed by atoms with E-state index in [0.29, 0.717) is 17.7 Å². The predicted octanol–water partition coefficient (Wildman–Crippen LogP) is 1.36. The molecular weight excluding hydrogens is 144 g/mol. The van der Waals surface area contributed by atoms with E-state index in [0.717, 1.165) is 19.3 Å². The third-order valence-corrected chi connectivity index (χ3v) is 4.25. The zero-order valence-corrected chi connectivity index (χ0v) is 7.17. The maximum Gasteiger partial charge on any atom is 0.276 e. The van der Waals surface area contributed by atoms with Gasteiger partial charge in [0.1, 0.15) is 0 Å². The lowest BCUT2D eigenvalue weighted by Crippen LogP contribution is -2.15. The average Bonchev–Trinajstić information content (AvgIpc) is 2.63. The Morgan fingerprint density at radius 2 is 2.20 bits per heavy atom. The Labute approximate surface area is 62.2 Å². The van der Waals surface area contributed by atoms with E-state index in [-0.39, 0.29) is 0 Å². The molecule has 0 N–H and O–H groups in total. The van der Waals surface area contributed by atoms with Crippen molar-refractivity contribution in [2.24, 2.45) is 0 Å². The Kier molecular flexibility index (Phi) is 1.49. The Morgan fingerprint density at radius 3 is 2.80 bits per heavy atom. The first-order valence-electron chi connectivity index (χ1n) is 3.93. The van der Waals surface area contributed by atoms with Gasteiger partial charge in [-0.15, -0.1) is 0 Å². The van der Waals surface area contributed by atoms with Crippen LogP contribution in [0.3, 0.4) is 0 Å². The van der Waals surface area contributed by atoms with Crippen molar-refractivity contribution in [1.29, 1.82) is 0 Å². The second-order valence-electron chi connectivity index (χ2n) is 3.33. The van der Waals surface area contributed by atoms with E-state index in [2.05, 4.69) is 0 Å². The molecule has 3 heteroatoms. The van der Waals surface area contributed by atoms with Crippen LogP contribution in [-0.2, 0) is 9.20 Å². The van der Waals surface area contributed by atoms with Gasteiger partial charge in [0.05, 0.1) is 12.2 Å². The van der Waals surface area contributed by atoms with Gasteiger partial charge in [-0.3, -0.25) is 0 Å². The van der Waals surface area contributed by atoms with Gasteiger partial charge in [-0.05, 0) is 25.8 Å². The van der Waals surface area contributed by atoms with Crippen molar-refractivity contribution in [2.45, 2.75) is 43.6 Å². The minimum atomic E-state index is -1.27. The Morgan fingerprint density at radius 1 is 1.40 bits per heavy atom. The van der Waals surface area contributed by atoms with Crippen LogP contribution >= 0.6 is 0 Å². The van der Waals surface area contributed by atoms with E-state index < -0.39 is 8.68 Å². The summed E-state index contributed by atoms with van der Waals surface area (Å²) in [7, 11) is -1.27. The molecular formula is C7H12O2Si. The van der Waals surface area contributed by atoms with Gasteiger partial charge in [0.2, 0.25) is 0 Å². The first-order chi connectivity index (χ1) is 4.77. The van der Waals surface area contributed by atoms with Gasteiger partial charge in [0.25, 0.3) is 8.68 Å². The van der Waals surface area contributed by atoms with E-state index in [1.807, 2.05) is 6.55 Å². The van der Waals surface area contributed by atoms with Crippen LogP contribution in [0.4, 0.5) is 0 Å². The predicted molar refractivity (Wildman–Crippen MR) is 38.6 cm³/mol. The molecule has 2 nitrogen and oxygen atoms in total. The molecule has 10 heavy (non-hydrogen) atoms. The lowest BCUT2D eigenvalue weighted by atomic mass is 10.0. The molecule has 1 saturated heterocycles. The third-order valence-electron chi connectivity index (χ3n) is 2.58. The number of hydrogen-bond acceptors (Lipinski definition) is 2. The third kappa shape index (κ3) is 1.08. The van der Waals surface area contributed by atoms with Crippen LogP contribution in [0.25, 0.3) is 0 Å². The number of fused-ring (bicyclic) bond motifs is 1. The van der Waals surface area contributed by atoms with Crippen molar-refractivity contribution in [3.8, 4) is 0 Å². The molecule has 0 bridgehead atoms. The van der Waals surface area contributed by atoms with Crippen LogP contribution in [0, 0.1) is 0 Å². The summed E-state index contributed by atoms with van der Waals surface area (Å²) >= 11 is 0. The van der Waals surface area contributed by atoms with E-state index in [1.54, 1.807) is 0 Å². The second kappa shape index (κ2) is 2.24. The van der Waals surface area contributed by atoms with Crippen molar-refractivity contribution in [3.63, 3.8) is 0 Å². The van der Waals surface area contributed by atoms with Gasteiger partial charge in [-0.1, -0.05) is 0 Å². The quantitative estimate of drug-likeness (QED) is 0.424. The van der Waals surface area contributed by atoms with Crippen molar-refractivity contribution >= 4 is 8.68 Å². The monoisotopic (exact) mass is 156 g/mol. The molecule has 1 saturated carbocycles. The zero-order chi connectivity index (χ0) is 7.14. The number of ether oxygens (including phenoxy) is 1. The SMILES string of the molecule is C[Si](=O)C1CCC2OC2C1. The number of epoxide rings is 1. The van der Waals surface area contributed by atoms with Crippen LogP contribution < -0.4 is 0 Å². The van der Waals surface area contributed by atoms with E-state index in [4.69, 9.17) is 4.74 Å². The first kappa shape index (κ1) is 6.67. The second-order valence-corrected chi connectivity index (χ2v) is 5.37. The summed E-state index contributed by atoms with van der Waals surface area (Å²) in [5, 5.41) is 0. The molecule has 1 heterocycles. The fourth-order valence-corrected chi connectivity index (χ4v) is 2.91. The summed E-state index contributed by atoms with van der Waals surface area (Å²) in [6.45, 7) is 1.87. The molecule has 0 radical (unpaired) electrons. The average molecular weight is 156 g/mol. The van der Waals surface area contributed by atoms with Crippen LogP contribution in [0.5, 0.6) is 0 Å². The summed E-state index contributed by atoms with van der Waals surface area (Å²) in [5.41, 5.74) is 0.494. The van der Waals surface area contributed by atoms with Crippen LogP contribution in [-0.4, -0.2) is 20.9 Å². The highest BCUT2D eigenvalue weighted by Gasteiger charge is 2.45. The molecule has 2 fully saturated rings. The van der Waals surface area contributed by atoms with Crippen molar-refractivity contribution in [1.82, 2.24) is 0 Å². The molecule has 2 rings (SSSR count). The topological polar surface area (TPSA) is 29.6 Å². The Balaban J connectivity index is 1.94. The number of rotatable bonds is 1. The van der Waals surface area contributed by atoms with Gasteiger partial charge < -0.3 is 9.20 Å². The van der Waals surface area contributed by atoms with Gasteiger partial charge >= 0.3 is 0 Å². The minimum absolute atomic E-state index is 0.493. The molecule has 3 unspecified atom stereocenters. The summed E-state index contributed by atoms with van der Waals surface area (Å²) in [6.07, 6.45) is 4.40. The van der Waals surface area contributed by atoms with Gasteiger partial charge in [-0.25, -0.2) is 0 Å². The van der Waals surface area contributed by atoms with E-state index in [9.17, 15) is 4.46 Å². The smallest absolute Gasteiger partial charge is 0.276 e. The fourth-order valence-electron chi connectivity index (χ4n) is 1.77. The summed E-state index contributed by atoms with van der Waals surface area (Å²) < 4.78 is 16.4. The molecule has 2 aliphatic rings. The lowest BCUT2D eigenvalue weighted by molar-refractivity contribution is 0.372. The van der Waals surface area contributed by atoms with Crippen molar-refractivity contribution in [3.05, 3.63) is 0 Å². The molecule has 56 valence electrons. The Hall–Kier alpha value is -0.0231. The van der Waals surface area contributed by atoms with Crippen LogP contribution in [0.1, 0.15) is 19.3 Å². The molecule has 0 aromatic heterocycles. The maximum atomic E-state index is 11.1. The summed E-state index contributed by atoms with van der Waals surface area (Å²) in [4.78, 5) is 0. The van der Waals surface area contributed by atoms with Gasteiger partial charge in [-0.2, -0.15) is 0 Å². The molecule has 0 spiro atoms. The highest BCUT2D eigenvalue weighted by atomic mass is 28.3.